The molecule has 0 bridgehead atoms. The third-order valence-electron chi connectivity index (χ3n) is 2.87. The molecule has 0 aliphatic rings. The Hall–Kier alpha value is -1.95. The molecule has 1 unspecified atom stereocenters. The number of aliphatic hydroxyl groups is 1. The number of amides is 1. The molecular formula is C14H20N2O4. The summed E-state index contributed by atoms with van der Waals surface area (Å²) in [7, 11) is 0. The molecule has 6 nitrogen and oxygen atoms in total. The van der Waals surface area contributed by atoms with E-state index < -0.39 is 11.0 Å². The maximum atomic E-state index is 12.4. The second kappa shape index (κ2) is 6.47. The maximum Gasteiger partial charge on any atom is 0.270 e. The highest BCUT2D eigenvalue weighted by Gasteiger charge is 2.22. The standard InChI is InChI=1S/C14H20N2O4/c1-9(2)15(8-11(4)17)14(18)12-5-10(3)6-13(7-12)16(19)20/h5-7,9,11,17H,8H2,1-4H3. The Kier molecular flexibility index (Phi) is 5.21. The minimum Gasteiger partial charge on any atom is -0.392 e. The predicted octanol–water partition coefficient (Wildman–Crippen LogP) is 2.13. The molecule has 6 heteroatoms. The summed E-state index contributed by atoms with van der Waals surface area (Å²) in [4.78, 5) is 24.3. The molecule has 20 heavy (non-hydrogen) atoms. The number of aryl methyl sites for hydroxylation is 1. The summed E-state index contributed by atoms with van der Waals surface area (Å²) in [5, 5.41) is 20.3. The van der Waals surface area contributed by atoms with Gasteiger partial charge in [0.2, 0.25) is 0 Å². The number of rotatable bonds is 5. The van der Waals surface area contributed by atoms with Crippen LogP contribution in [0.25, 0.3) is 0 Å². The van der Waals surface area contributed by atoms with Crippen LogP contribution in [0.3, 0.4) is 0 Å². The quantitative estimate of drug-likeness (QED) is 0.661. The van der Waals surface area contributed by atoms with E-state index in [9.17, 15) is 20.0 Å². The third-order valence-corrected chi connectivity index (χ3v) is 2.87. The van der Waals surface area contributed by atoms with Crippen molar-refractivity contribution in [2.24, 2.45) is 0 Å². The minimum atomic E-state index is -0.652. The average molecular weight is 280 g/mol. The van der Waals surface area contributed by atoms with Crippen molar-refractivity contribution in [2.45, 2.75) is 39.8 Å². The van der Waals surface area contributed by atoms with Crippen LogP contribution in [0.15, 0.2) is 18.2 Å². The molecule has 1 N–H and O–H groups in total. The highest BCUT2D eigenvalue weighted by molar-refractivity contribution is 5.95. The summed E-state index contributed by atoms with van der Waals surface area (Å²) < 4.78 is 0. The Morgan fingerprint density at radius 2 is 1.95 bits per heavy atom. The number of hydrogen-bond acceptors (Lipinski definition) is 4. The van der Waals surface area contributed by atoms with E-state index in [1.165, 1.54) is 17.0 Å². The fourth-order valence-electron chi connectivity index (χ4n) is 1.97. The monoisotopic (exact) mass is 280 g/mol. The van der Waals surface area contributed by atoms with Gasteiger partial charge >= 0.3 is 0 Å². The second-order valence-corrected chi connectivity index (χ2v) is 5.21. The lowest BCUT2D eigenvalue weighted by atomic mass is 10.1. The number of carbonyl (C=O) groups excluding carboxylic acids is 1. The van der Waals surface area contributed by atoms with E-state index >= 15 is 0 Å². The highest BCUT2D eigenvalue weighted by Crippen LogP contribution is 2.19. The first-order valence-electron chi connectivity index (χ1n) is 6.47. The summed E-state index contributed by atoms with van der Waals surface area (Å²) in [6.07, 6.45) is -0.652. The Balaban J connectivity index is 3.14. The van der Waals surface area contributed by atoms with Gasteiger partial charge in [-0.15, -0.1) is 0 Å². The molecule has 0 fully saturated rings. The van der Waals surface area contributed by atoms with Crippen molar-refractivity contribution in [1.82, 2.24) is 4.90 Å². The molecule has 0 saturated heterocycles. The van der Waals surface area contributed by atoms with Gasteiger partial charge in [-0.1, -0.05) is 0 Å². The van der Waals surface area contributed by atoms with Crippen LogP contribution in [-0.2, 0) is 0 Å². The van der Waals surface area contributed by atoms with Crippen molar-refractivity contribution in [1.29, 1.82) is 0 Å². The fourth-order valence-corrected chi connectivity index (χ4v) is 1.97. The SMILES string of the molecule is Cc1cc(C(=O)N(CC(C)O)C(C)C)cc([N+](=O)[O-])c1. The number of carbonyl (C=O) groups is 1. The molecule has 0 aliphatic heterocycles. The van der Waals surface area contributed by atoms with Crippen molar-refractivity contribution in [3.8, 4) is 0 Å². The molecular weight excluding hydrogens is 260 g/mol. The van der Waals surface area contributed by atoms with Crippen molar-refractivity contribution in [3.63, 3.8) is 0 Å². The minimum absolute atomic E-state index is 0.100. The maximum absolute atomic E-state index is 12.4. The second-order valence-electron chi connectivity index (χ2n) is 5.21. The lowest BCUT2D eigenvalue weighted by molar-refractivity contribution is -0.384. The number of aliphatic hydroxyl groups excluding tert-OH is 1. The molecule has 0 spiro atoms. The van der Waals surface area contributed by atoms with Crippen molar-refractivity contribution >= 4 is 11.6 Å². The number of non-ortho nitro benzene ring substituents is 1. The van der Waals surface area contributed by atoms with Gasteiger partial charge in [0.15, 0.2) is 0 Å². The lowest BCUT2D eigenvalue weighted by Gasteiger charge is -2.28. The molecule has 1 aromatic rings. The molecule has 1 aromatic carbocycles. The van der Waals surface area contributed by atoms with E-state index in [1.54, 1.807) is 19.9 Å². The first-order chi connectivity index (χ1) is 9.22. The molecule has 1 amide bonds. The summed E-state index contributed by atoms with van der Waals surface area (Å²) in [6, 6.07) is 4.21. The van der Waals surface area contributed by atoms with Crippen molar-refractivity contribution < 1.29 is 14.8 Å². The van der Waals surface area contributed by atoms with Gasteiger partial charge in [-0.2, -0.15) is 0 Å². The smallest absolute Gasteiger partial charge is 0.270 e. The predicted molar refractivity (Wildman–Crippen MR) is 75.7 cm³/mol. The van der Waals surface area contributed by atoms with Crippen LogP contribution in [0.2, 0.25) is 0 Å². The van der Waals surface area contributed by atoms with Crippen LogP contribution in [0.5, 0.6) is 0 Å². The van der Waals surface area contributed by atoms with Crippen LogP contribution in [-0.4, -0.2) is 39.5 Å². The zero-order chi connectivity index (χ0) is 15.4. The van der Waals surface area contributed by atoms with Gasteiger partial charge < -0.3 is 10.0 Å². The van der Waals surface area contributed by atoms with E-state index in [4.69, 9.17) is 0 Å². The molecule has 0 saturated carbocycles. The molecule has 1 rings (SSSR count). The Morgan fingerprint density at radius 1 is 1.35 bits per heavy atom. The molecule has 110 valence electrons. The first-order valence-corrected chi connectivity index (χ1v) is 6.47. The lowest BCUT2D eigenvalue weighted by Crippen LogP contribution is -2.41. The average Bonchev–Trinajstić information content (AvgIpc) is 2.33. The fraction of sp³-hybridized carbons (Fsp3) is 0.500. The summed E-state index contributed by atoms with van der Waals surface area (Å²) in [5.41, 5.74) is 0.823. The van der Waals surface area contributed by atoms with E-state index in [0.717, 1.165) is 0 Å². The van der Waals surface area contributed by atoms with Gasteiger partial charge in [0.25, 0.3) is 11.6 Å². The topological polar surface area (TPSA) is 83.7 Å². The van der Waals surface area contributed by atoms with Gasteiger partial charge in [0.05, 0.1) is 11.0 Å². The van der Waals surface area contributed by atoms with Gasteiger partial charge in [0.1, 0.15) is 0 Å². The summed E-state index contributed by atoms with van der Waals surface area (Å²) in [5.74, 6) is -0.312. The summed E-state index contributed by atoms with van der Waals surface area (Å²) in [6.45, 7) is 7.17. The van der Waals surface area contributed by atoms with Gasteiger partial charge in [0, 0.05) is 30.3 Å². The van der Waals surface area contributed by atoms with E-state index in [1.807, 2.05) is 13.8 Å². The number of nitrogens with zero attached hydrogens (tertiary/aromatic N) is 2. The Labute approximate surface area is 118 Å². The van der Waals surface area contributed by atoms with Gasteiger partial charge in [-0.3, -0.25) is 14.9 Å². The normalized spacial score (nSPS) is 12.3. The largest absolute Gasteiger partial charge is 0.392 e. The van der Waals surface area contributed by atoms with E-state index in [0.29, 0.717) is 5.56 Å². The van der Waals surface area contributed by atoms with Crippen molar-refractivity contribution in [3.05, 3.63) is 39.4 Å². The van der Waals surface area contributed by atoms with Crippen LogP contribution in [0, 0.1) is 17.0 Å². The zero-order valence-electron chi connectivity index (χ0n) is 12.2. The number of nitro groups is 1. The first kappa shape index (κ1) is 16.1. The number of hydrogen-bond donors (Lipinski definition) is 1. The highest BCUT2D eigenvalue weighted by atomic mass is 16.6. The van der Waals surface area contributed by atoms with Crippen LogP contribution in [0.1, 0.15) is 36.7 Å². The molecule has 1 atom stereocenters. The summed E-state index contributed by atoms with van der Waals surface area (Å²) >= 11 is 0. The molecule has 0 heterocycles. The third kappa shape index (κ3) is 4.03. The Morgan fingerprint density at radius 3 is 2.40 bits per heavy atom. The molecule has 0 radical (unpaired) electrons. The number of benzene rings is 1. The van der Waals surface area contributed by atoms with Crippen LogP contribution < -0.4 is 0 Å². The van der Waals surface area contributed by atoms with Crippen molar-refractivity contribution in [2.75, 3.05) is 6.54 Å². The Bertz CT molecular complexity index is 512. The van der Waals surface area contributed by atoms with E-state index in [2.05, 4.69) is 0 Å². The van der Waals surface area contributed by atoms with Gasteiger partial charge in [-0.05, 0) is 39.3 Å². The molecule has 0 aromatic heterocycles. The number of nitro benzene ring substituents is 1. The molecule has 0 aliphatic carbocycles. The zero-order valence-corrected chi connectivity index (χ0v) is 12.2. The van der Waals surface area contributed by atoms with E-state index in [-0.39, 0.29) is 29.7 Å². The van der Waals surface area contributed by atoms with Crippen LogP contribution >= 0.6 is 0 Å². The van der Waals surface area contributed by atoms with Crippen LogP contribution in [0.4, 0.5) is 5.69 Å². The van der Waals surface area contributed by atoms with Gasteiger partial charge in [-0.25, -0.2) is 0 Å².